The van der Waals surface area contributed by atoms with Gasteiger partial charge in [0.05, 0.1) is 21.7 Å². The van der Waals surface area contributed by atoms with Crippen molar-refractivity contribution in [2.45, 2.75) is 29.7 Å². The van der Waals surface area contributed by atoms with Gasteiger partial charge in [-0.05, 0) is 71.6 Å². The van der Waals surface area contributed by atoms with Gasteiger partial charge in [-0.25, -0.2) is 0 Å². The molecule has 0 spiro atoms. The summed E-state index contributed by atoms with van der Waals surface area (Å²) in [5.41, 5.74) is 3.78. The highest BCUT2D eigenvalue weighted by molar-refractivity contribution is 8.00. The number of hydrogen-bond donors (Lipinski definition) is 1. The van der Waals surface area contributed by atoms with Crippen molar-refractivity contribution in [3.8, 4) is 5.75 Å². The minimum Gasteiger partial charge on any atom is -0.507 e. The van der Waals surface area contributed by atoms with E-state index in [4.69, 9.17) is 39.5 Å². The number of halogens is 3. The largest absolute Gasteiger partial charge is 0.507 e. The van der Waals surface area contributed by atoms with Crippen molar-refractivity contribution >= 4 is 80.5 Å². The van der Waals surface area contributed by atoms with E-state index in [0.29, 0.717) is 43.6 Å². The Hall–Kier alpha value is -3.86. The fraction of sp³-hybridized carbons (Fsp3) is 0.118. The van der Waals surface area contributed by atoms with E-state index in [-0.39, 0.29) is 21.5 Å². The number of aryl methyl sites for hydroxylation is 1. The predicted octanol–water partition coefficient (Wildman–Crippen LogP) is 9.30. The molecule has 1 aromatic heterocycles. The monoisotopic (exact) mass is 707 g/mol. The fourth-order valence-electron chi connectivity index (χ4n) is 4.94. The van der Waals surface area contributed by atoms with Crippen LogP contribution in [0.3, 0.4) is 0 Å². The molecule has 1 fully saturated rings. The Labute approximate surface area is 288 Å². The van der Waals surface area contributed by atoms with Crippen LogP contribution in [-0.4, -0.2) is 27.0 Å². The Morgan fingerprint density at radius 1 is 0.891 bits per heavy atom. The van der Waals surface area contributed by atoms with Crippen LogP contribution in [0.4, 0.5) is 5.13 Å². The third-order valence-electron chi connectivity index (χ3n) is 7.40. The number of anilines is 1. The van der Waals surface area contributed by atoms with Crippen LogP contribution in [0.2, 0.25) is 15.1 Å². The summed E-state index contributed by atoms with van der Waals surface area (Å²) in [7, 11) is 0. The van der Waals surface area contributed by atoms with Crippen molar-refractivity contribution in [1.82, 2.24) is 10.2 Å². The van der Waals surface area contributed by atoms with Gasteiger partial charge in [0.2, 0.25) is 5.13 Å². The SMILES string of the molecule is Cc1ccccc1COc1ccc(C(O)=C2C(=O)C(=O)N(c3nnc(SCc4ccccc4Cl)s3)C2c2ccc(Cl)c(Cl)c2)cc1. The molecule has 1 N–H and O–H groups in total. The number of Topliss-reactive ketones (excluding diaryl/α,β-unsaturated/α-hetero) is 1. The lowest BCUT2D eigenvalue weighted by atomic mass is 9.95. The molecule has 46 heavy (non-hydrogen) atoms. The number of carbonyl (C=O) groups is 2. The standard InChI is InChI=1S/C34H24Cl3N3O4S2/c1-19-6-2-3-7-22(19)17-44-24-13-10-20(11-14-24)30(41)28-29(21-12-15-26(36)27(37)16-21)40(32(43)31(28)42)33-38-39-34(46-33)45-18-23-8-4-5-9-25(23)35/h2-16,29,41H,17-18H2,1H3. The molecule has 6 rings (SSSR count). The van der Waals surface area contributed by atoms with E-state index in [1.807, 2.05) is 55.5 Å². The Balaban J connectivity index is 1.32. The zero-order chi connectivity index (χ0) is 32.4. The van der Waals surface area contributed by atoms with E-state index in [9.17, 15) is 14.7 Å². The molecule has 2 heterocycles. The number of benzene rings is 4. The lowest BCUT2D eigenvalue weighted by Crippen LogP contribution is -2.29. The average molecular weight is 709 g/mol. The third-order valence-corrected chi connectivity index (χ3v) is 10.6. The van der Waals surface area contributed by atoms with Crippen molar-refractivity contribution in [2.75, 3.05) is 4.90 Å². The lowest BCUT2D eigenvalue weighted by Gasteiger charge is -2.23. The van der Waals surface area contributed by atoms with E-state index in [1.54, 1.807) is 42.5 Å². The van der Waals surface area contributed by atoms with Gasteiger partial charge in [0.15, 0.2) is 4.34 Å². The van der Waals surface area contributed by atoms with Gasteiger partial charge in [0.1, 0.15) is 18.1 Å². The summed E-state index contributed by atoms with van der Waals surface area (Å²) in [4.78, 5) is 28.4. The highest BCUT2D eigenvalue weighted by Gasteiger charge is 2.48. The van der Waals surface area contributed by atoms with Crippen molar-refractivity contribution in [3.63, 3.8) is 0 Å². The molecule has 1 atom stereocenters. The molecule has 0 saturated carbocycles. The molecule has 0 bridgehead atoms. The molecule has 1 saturated heterocycles. The van der Waals surface area contributed by atoms with E-state index in [0.717, 1.165) is 28.0 Å². The maximum atomic E-state index is 13.6. The molecule has 1 aliphatic rings. The Morgan fingerprint density at radius 3 is 2.33 bits per heavy atom. The predicted molar refractivity (Wildman–Crippen MR) is 184 cm³/mol. The van der Waals surface area contributed by atoms with Crippen LogP contribution in [0, 0.1) is 6.92 Å². The third kappa shape index (κ3) is 6.65. The van der Waals surface area contributed by atoms with Crippen LogP contribution in [0.15, 0.2) is 101 Å². The minimum absolute atomic E-state index is 0.113. The van der Waals surface area contributed by atoms with E-state index in [1.165, 1.54) is 16.7 Å². The molecule has 1 aliphatic heterocycles. The van der Waals surface area contributed by atoms with Gasteiger partial charge in [0.25, 0.3) is 5.78 Å². The fourth-order valence-corrected chi connectivity index (χ4v) is 7.40. The molecule has 12 heteroatoms. The van der Waals surface area contributed by atoms with E-state index in [2.05, 4.69) is 10.2 Å². The van der Waals surface area contributed by atoms with Gasteiger partial charge in [-0.15, -0.1) is 10.2 Å². The second-order valence-corrected chi connectivity index (χ2v) is 13.7. The summed E-state index contributed by atoms with van der Waals surface area (Å²) in [6, 6.07) is 25.8. The summed E-state index contributed by atoms with van der Waals surface area (Å²) in [5, 5.41) is 21.4. The minimum atomic E-state index is -1.04. The second-order valence-electron chi connectivity index (χ2n) is 10.3. The summed E-state index contributed by atoms with van der Waals surface area (Å²) >= 11 is 21.4. The van der Waals surface area contributed by atoms with E-state index >= 15 is 0 Å². The number of aromatic nitrogens is 2. The number of thioether (sulfide) groups is 1. The number of aliphatic hydroxyl groups is 1. The highest BCUT2D eigenvalue weighted by atomic mass is 35.5. The number of carbonyl (C=O) groups excluding carboxylic acids is 2. The first-order valence-electron chi connectivity index (χ1n) is 13.9. The van der Waals surface area contributed by atoms with Gasteiger partial charge in [-0.1, -0.05) is 106 Å². The molecular formula is C34H24Cl3N3O4S2. The number of nitrogens with zero attached hydrogens (tertiary/aromatic N) is 3. The first kappa shape index (κ1) is 32.1. The van der Waals surface area contributed by atoms with Crippen LogP contribution in [0.1, 0.15) is 33.9 Å². The first-order chi connectivity index (χ1) is 22.2. The molecule has 0 aliphatic carbocycles. The van der Waals surface area contributed by atoms with Crippen molar-refractivity contribution in [2.24, 2.45) is 0 Å². The van der Waals surface area contributed by atoms with Crippen molar-refractivity contribution in [3.05, 3.63) is 139 Å². The molecular weight excluding hydrogens is 685 g/mol. The lowest BCUT2D eigenvalue weighted by molar-refractivity contribution is -0.132. The zero-order valence-electron chi connectivity index (χ0n) is 24.1. The topological polar surface area (TPSA) is 92.6 Å². The number of hydrogen-bond acceptors (Lipinski definition) is 8. The summed E-state index contributed by atoms with van der Waals surface area (Å²) in [6.07, 6.45) is 0. The van der Waals surface area contributed by atoms with Gasteiger partial charge >= 0.3 is 5.91 Å². The summed E-state index contributed by atoms with van der Waals surface area (Å²) < 4.78 is 6.52. The molecule has 1 amide bonds. The zero-order valence-corrected chi connectivity index (χ0v) is 28.0. The van der Waals surface area contributed by atoms with Crippen LogP contribution in [-0.2, 0) is 21.9 Å². The number of ketones is 1. The maximum absolute atomic E-state index is 13.6. The molecule has 7 nitrogen and oxygen atoms in total. The Bertz CT molecular complexity index is 1980. The van der Waals surface area contributed by atoms with Gasteiger partial charge in [-0.3, -0.25) is 14.5 Å². The van der Waals surface area contributed by atoms with Gasteiger partial charge < -0.3 is 9.84 Å². The van der Waals surface area contributed by atoms with Crippen molar-refractivity contribution < 1.29 is 19.4 Å². The maximum Gasteiger partial charge on any atom is 0.301 e. The van der Waals surface area contributed by atoms with Gasteiger partial charge in [-0.2, -0.15) is 0 Å². The van der Waals surface area contributed by atoms with Gasteiger partial charge in [0, 0.05) is 16.3 Å². The van der Waals surface area contributed by atoms with E-state index < -0.39 is 17.7 Å². The quantitative estimate of drug-likeness (QED) is 0.0537. The van der Waals surface area contributed by atoms with Crippen molar-refractivity contribution in [1.29, 1.82) is 0 Å². The second kappa shape index (κ2) is 13.9. The smallest absolute Gasteiger partial charge is 0.301 e. The molecule has 5 aromatic rings. The molecule has 0 radical (unpaired) electrons. The molecule has 232 valence electrons. The number of aliphatic hydroxyl groups excluding tert-OH is 1. The highest BCUT2D eigenvalue weighted by Crippen LogP contribution is 2.45. The summed E-state index contributed by atoms with van der Waals surface area (Å²) in [5.74, 6) is -0.950. The number of rotatable bonds is 9. The average Bonchev–Trinajstić information content (AvgIpc) is 3.63. The summed E-state index contributed by atoms with van der Waals surface area (Å²) in [6.45, 7) is 2.39. The normalized spacial score (nSPS) is 15.8. The first-order valence-corrected chi connectivity index (χ1v) is 16.9. The molecule has 1 unspecified atom stereocenters. The van der Waals surface area contributed by atoms with Crippen LogP contribution >= 0.6 is 57.9 Å². The number of ether oxygens (including phenoxy) is 1. The Kier molecular flexibility index (Phi) is 9.67. The van der Waals surface area contributed by atoms with Crippen LogP contribution < -0.4 is 9.64 Å². The number of amides is 1. The van der Waals surface area contributed by atoms with Crippen LogP contribution in [0.5, 0.6) is 5.75 Å². The Morgan fingerprint density at radius 2 is 1.61 bits per heavy atom. The molecule has 4 aromatic carbocycles. The van der Waals surface area contributed by atoms with Crippen LogP contribution in [0.25, 0.3) is 5.76 Å².